The Morgan fingerprint density at radius 2 is 1.85 bits per heavy atom. The minimum atomic E-state index is -0.708. The molecule has 1 aromatic carbocycles. The predicted molar refractivity (Wildman–Crippen MR) is 74.7 cm³/mol. The number of halogens is 3. The highest BCUT2D eigenvalue weighted by atomic mass is 127. The van der Waals surface area contributed by atoms with E-state index >= 15 is 0 Å². The lowest BCUT2D eigenvalue weighted by molar-refractivity contribution is 0.1000. The van der Waals surface area contributed by atoms with Crippen molar-refractivity contribution in [2.75, 3.05) is 0 Å². The van der Waals surface area contributed by atoms with E-state index in [4.69, 9.17) is 0 Å². The van der Waals surface area contributed by atoms with Crippen LogP contribution in [0.2, 0.25) is 0 Å². The second-order valence-electron chi connectivity index (χ2n) is 2.15. The molecule has 1 aromatic rings. The molecule has 0 saturated heterocycles. The fraction of sp³-hybridized carbons (Fsp3) is 0. The van der Waals surface area contributed by atoms with Gasteiger partial charge in [0.2, 0.25) is 0 Å². The fourth-order valence-electron chi connectivity index (χ4n) is 0.761. The molecule has 0 aliphatic heterocycles. The molecule has 0 unspecified atom stereocenters. The van der Waals surface area contributed by atoms with Crippen molar-refractivity contribution in [3.8, 4) is 0 Å². The second kappa shape index (κ2) is 4.96. The van der Waals surface area contributed by atoms with Crippen molar-refractivity contribution in [3.63, 3.8) is 0 Å². The Kier molecular flexibility index (Phi) is 4.48. The fourth-order valence-corrected chi connectivity index (χ4v) is 3.15. The van der Waals surface area contributed by atoms with Crippen molar-refractivity contribution < 1.29 is 4.79 Å². The van der Waals surface area contributed by atoms with E-state index in [-0.39, 0.29) is 0 Å². The monoisotopic (exact) mass is 513 g/mol. The molecule has 0 aliphatic rings. The van der Waals surface area contributed by atoms with E-state index in [0.717, 1.165) is 10.7 Å². The summed E-state index contributed by atoms with van der Waals surface area (Å²) in [6.07, 6.45) is 0. The first-order valence-electron chi connectivity index (χ1n) is 3.08. The number of rotatable bonds is 1. The molecule has 0 fully saturated rings. The Bertz CT molecular complexity index is 378. The van der Waals surface area contributed by atoms with Crippen LogP contribution in [0.15, 0.2) is 17.3 Å². The predicted octanol–water partition coefficient (Wildman–Crippen LogP) is 3.41. The maximum Gasteiger partial charge on any atom is 0.317 e. The molecule has 13 heavy (non-hydrogen) atoms. The van der Waals surface area contributed by atoms with Gasteiger partial charge in [-0.15, -0.1) is 4.91 Å². The van der Waals surface area contributed by atoms with E-state index in [2.05, 4.69) is 50.4 Å². The van der Waals surface area contributed by atoms with Crippen molar-refractivity contribution in [2.24, 2.45) is 5.18 Å². The molecule has 0 N–H and O–H groups in total. The van der Waals surface area contributed by atoms with Crippen LogP contribution >= 0.6 is 67.8 Å². The SMILES string of the molecule is O=NC(=O)c1cc(I)cc(I)c1I. The van der Waals surface area contributed by atoms with E-state index in [1.54, 1.807) is 6.07 Å². The summed E-state index contributed by atoms with van der Waals surface area (Å²) in [6.45, 7) is 0. The summed E-state index contributed by atoms with van der Waals surface area (Å²) >= 11 is 6.24. The zero-order valence-electron chi connectivity index (χ0n) is 6.05. The van der Waals surface area contributed by atoms with Gasteiger partial charge in [-0.05, 0) is 79.9 Å². The second-order valence-corrected chi connectivity index (χ2v) is 5.63. The Hall–Kier alpha value is 0.680. The molecule has 0 saturated carbocycles. The van der Waals surface area contributed by atoms with Crippen molar-refractivity contribution >= 4 is 73.7 Å². The van der Waals surface area contributed by atoms with Gasteiger partial charge in [0.1, 0.15) is 0 Å². The van der Waals surface area contributed by atoms with Crippen molar-refractivity contribution in [3.05, 3.63) is 33.3 Å². The van der Waals surface area contributed by atoms with Gasteiger partial charge in [0, 0.05) is 15.9 Å². The minimum Gasteiger partial charge on any atom is -0.263 e. The number of hydrogen-bond acceptors (Lipinski definition) is 2. The molecule has 0 radical (unpaired) electrons. The number of hydrogen-bond donors (Lipinski definition) is 0. The van der Waals surface area contributed by atoms with Crippen LogP contribution in [-0.4, -0.2) is 5.91 Å². The molecular formula is C7H2I3NO2. The lowest BCUT2D eigenvalue weighted by Gasteiger charge is -2.01. The Labute approximate surface area is 115 Å². The van der Waals surface area contributed by atoms with E-state index in [1.165, 1.54) is 0 Å². The lowest BCUT2D eigenvalue weighted by Crippen LogP contribution is -2.00. The van der Waals surface area contributed by atoms with Gasteiger partial charge in [-0.3, -0.25) is 4.79 Å². The van der Waals surface area contributed by atoms with Crippen molar-refractivity contribution in [1.82, 2.24) is 0 Å². The minimum absolute atomic E-state index is 0.381. The molecule has 1 rings (SSSR count). The summed E-state index contributed by atoms with van der Waals surface area (Å²) in [4.78, 5) is 21.1. The number of carbonyl (C=O) groups is 1. The highest BCUT2D eigenvalue weighted by Gasteiger charge is 2.13. The Morgan fingerprint density at radius 1 is 1.23 bits per heavy atom. The average Bonchev–Trinajstić information content (AvgIpc) is 2.10. The largest absolute Gasteiger partial charge is 0.317 e. The zero-order chi connectivity index (χ0) is 10.0. The third-order valence-electron chi connectivity index (χ3n) is 1.31. The van der Waals surface area contributed by atoms with E-state index in [1.807, 2.05) is 28.7 Å². The maximum atomic E-state index is 11.0. The molecule has 0 atom stereocenters. The van der Waals surface area contributed by atoms with Crippen molar-refractivity contribution in [2.45, 2.75) is 0 Å². The topological polar surface area (TPSA) is 46.5 Å². The summed E-state index contributed by atoms with van der Waals surface area (Å²) in [5.41, 5.74) is 0.381. The van der Waals surface area contributed by atoms with Gasteiger partial charge in [0.25, 0.3) is 0 Å². The van der Waals surface area contributed by atoms with E-state index in [0.29, 0.717) is 5.56 Å². The standard InChI is InChI=1S/C7H2I3NO2/c8-3-1-4(7(12)11-13)6(10)5(9)2-3/h1-2H. The molecule has 0 spiro atoms. The van der Waals surface area contributed by atoms with Gasteiger partial charge in [0.15, 0.2) is 0 Å². The molecule has 6 heteroatoms. The number of nitrogens with zero attached hydrogens (tertiary/aromatic N) is 1. The molecule has 0 aromatic heterocycles. The normalized spacial score (nSPS) is 9.77. The summed E-state index contributed by atoms with van der Waals surface area (Å²) in [5.74, 6) is -0.708. The van der Waals surface area contributed by atoms with Gasteiger partial charge in [-0.2, -0.15) is 0 Å². The van der Waals surface area contributed by atoms with Crippen LogP contribution in [0, 0.1) is 15.6 Å². The van der Waals surface area contributed by atoms with Crippen LogP contribution in [0.25, 0.3) is 0 Å². The maximum absolute atomic E-state index is 11.0. The van der Waals surface area contributed by atoms with Gasteiger partial charge in [-0.1, -0.05) is 0 Å². The quantitative estimate of drug-likeness (QED) is 0.329. The number of carbonyl (C=O) groups excluding carboxylic acids is 1. The Morgan fingerprint density at radius 3 is 2.38 bits per heavy atom. The molecule has 1 amide bonds. The highest BCUT2D eigenvalue weighted by molar-refractivity contribution is 14.1. The van der Waals surface area contributed by atoms with E-state index in [9.17, 15) is 9.70 Å². The molecule has 0 aliphatic carbocycles. The van der Waals surface area contributed by atoms with E-state index < -0.39 is 5.91 Å². The molecule has 0 bridgehead atoms. The first kappa shape index (κ1) is 11.8. The summed E-state index contributed by atoms with van der Waals surface area (Å²) in [7, 11) is 0. The van der Waals surface area contributed by atoms with Gasteiger partial charge >= 0.3 is 5.91 Å². The lowest BCUT2D eigenvalue weighted by atomic mass is 10.2. The van der Waals surface area contributed by atoms with Gasteiger partial charge in [0.05, 0.1) is 5.56 Å². The highest BCUT2D eigenvalue weighted by Crippen LogP contribution is 2.23. The summed E-state index contributed by atoms with van der Waals surface area (Å²) < 4.78 is 2.66. The van der Waals surface area contributed by atoms with Crippen LogP contribution in [0.3, 0.4) is 0 Å². The van der Waals surface area contributed by atoms with Crippen LogP contribution in [0.4, 0.5) is 0 Å². The first-order valence-corrected chi connectivity index (χ1v) is 6.32. The third kappa shape index (κ3) is 2.81. The average molecular weight is 513 g/mol. The molecule has 0 heterocycles. The Balaban J connectivity index is 3.36. The van der Waals surface area contributed by atoms with Crippen LogP contribution in [0.1, 0.15) is 10.4 Å². The number of benzene rings is 1. The van der Waals surface area contributed by atoms with Crippen molar-refractivity contribution in [1.29, 1.82) is 0 Å². The molecule has 68 valence electrons. The first-order chi connectivity index (χ1) is 6.06. The summed E-state index contributed by atoms with van der Waals surface area (Å²) in [5, 5.41) is 2.40. The third-order valence-corrected chi connectivity index (χ3v) is 4.97. The van der Waals surface area contributed by atoms with Gasteiger partial charge < -0.3 is 0 Å². The van der Waals surface area contributed by atoms with Gasteiger partial charge in [-0.25, -0.2) is 0 Å². The number of amides is 1. The van der Waals surface area contributed by atoms with Crippen LogP contribution in [-0.2, 0) is 0 Å². The molecular weight excluding hydrogens is 511 g/mol. The van der Waals surface area contributed by atoms with Crippen LogP contribution < -0.4 is 0 Å². The summed E-state index contributed by atoms with van der Waals surface area (Å²) in [6, 6.07) is 3.60. The zero-order valence-corrected chi connectivity index (χ0v) is 12.5. The smallest absolute Gasteiger partial charge is 0.263 e. The van der Waals surface area contributed by atoms with Crippen LogP contribution in [0.5, 0.6) is 0 Å². The number of nitroso groups, excluding NO2 is 1. The molecule has 3 nitrogen and oxygen atoms in total.